The Morgan fingerprint density at radius 2 is 2.11 bits per heavy atom. The van der Waals surface area contributed by atoms with E-state index in [0.29, 0.717) is 12.0 Å². The molecule has 0 bridgehead atoms. The second-order valence-electron chi connectivity index (χ2n) is 2.71. The zero-order valence-electron chi connectivity index (χ0n) is 6.65. The SMILES string of the molecule is C=C(C)C(C)C(N)CC. The molecule has 54 valence electrons. The molecule has 0 radical (unpaired) electrons. The van der Waals surface area contributed by atoms with Gasteiger partial charge in [-0.3, -0.25) is 0 Å². The molecule has 0 aliphatic carbocycles. The van der Waals surface area contributed by atoms with Crippen LogP contribution in [0.5, 0.6) is 0 Å². The van der Waals surface area contributed by atoms with Gasteiger partial charge in [0, 0.05) is 6.04 Å². The summed E-state index contributed by atoms with van der Waals surface area (Å²) in [6.45, 7) is 10.1. The molecule has 0 saturated heterocycles. The lowest BCUT2D eigenvalue weighted by Gasteiger charge is -2.17. The molecule has 0 rings (SSSR count). The third kappa shape index (κ3) is 2.66. The predicted octanol–water partition coefficient (Wildman–Crippen LogP) is 1.94. The van der Waals surface area contributed by atoms with Crippen molar-refractivity contribution in [1.29, 1.82) is 0 Å². The van der Waals surface area contributed by atoms with Crippen LogP contribution < -0.4 is 5.73 Å². The summed E-state index contributed by atoms with van der Waals surface area (Å²) in [5.74, 6) is 0.468. The Morgan fingerprint density at radius 1 is 1.67 bits per heavy atom. The molecule has 2 N–H and O–H groups in total. The number of hydrogen-bond donors (Lipinski definition) is 1. The summed E-state index contributed by atoms with van der Waals surface area (Å²) in [6, 6.07) is 0.294. The lowest BCUT2D eigenvalue weighted by Crippen LogP contribution is -2.27. The fourth-order valence-electron chi connectivity index (χ4n) is 0.719. The summed E-state index contributed by atoms with van der Waals surface area (Å²) >= 11 is 0. The number of nitrogens with two attached hydrogens (primary N) is 1. The first kappa shape index (κ1) is 8.70. The molecule has 0 aliphatic rings. The van der Waals surface area contributed by atoms with Gasteiger partial charge in [0.1, 0.15) is 0 Å². The van der Waals surface area contributed by atoms with Gasteiger partial charge < -0.3 is 5.73 Å². The van der Waals surface area contributed by atoms with Crippen molar-refractivity contribution in [3.8, 4) is 0 Å². The smallest absolute Gasteiger partial charge is 0.00991 e. The fourth-order valence-corrected chi connectivity index (χ4v) is 0.719. The molecule has 0 fully saturated rings. The van der Waals surface area contributed by atoms with Gasteiger partial charge in [-0.1, -0.05) is 26.0 Å². The molecule has 0 amide bonds. The Labute approximate surface area is 57.9 Å². The third-order valence-corrected chi connectivity index (χ3v) is 1.89. The van der Waals surface area contributed by atoms with Crippen molar-refractivity contribution in [3.05, 3.63) is 12.2 Å². The van der Waals surface area contributed by atoms with Gasteiger partial charge in [0.25, 0.3) is 0 Å². The van der Waals surface area contributed by atoms with Crippen LogP contribution in [0.2, 0.25) is 0 Å². The highest BCUT2D eigenvalue weighted by molar-refractivity contribution is 4.97. The second kappa shape index (κ2) is 3.67. The van der Waals surface area contributed by atoms with Crippen LogP contribution in [-0.4, -0.2) is 6.04 Å². The predicted molar refractivity (Wildman–Crippen MR) is 42.2 cm³/mol. The van der Waals surface area contributed by atoms with Gasteiger partial charge in [0.15, 0.2) is 0 Å². The molecule has 0 aromatic rings. The molecule has 9 heavy (non-hydrogen) atoms. The highest BCUT2D eigenvalue weighted by Crippen LogP contribution is 2.12. The van der Waals surface area contributed by atoms with E-state index >= 15 is 0 Å². The van der Waals surface area contributed by atoms with E-state index in [2.05, 4.69) is 20.4 Å². The van der Waals surface area contributed by atoms with E-state index < -0.39 is 0 Å². The monoisotopic (exact) mass is 127 g/mol. The van der Waals surface area contributed by atoms with E-state index in [1.165, 1.54) is 5.57 Å². The lowest BCUT2D eigenvalue weighted by atomic mass is 9.94. The third-order valence-electron chi connectivity index (χ3n) is 1.89. The highest BCUT2D eigenvalue weighted by Gasteiger charge is 2.09. The maximum atomic E-state index is 5.76. The summed E-state index contributed by atoms with van der Waals surface area (Å²) in [5.41, 5.74) is 6.94. The van der Waals surface area contributed by atoms with E-state index in [9.17, 15) is 0 Å². The van der Waals surface area contributed by atoms with E-state index in [-0.39, 0.29) is 0 Å². The maximum absolute atomic E-state index is 5.76. The van der Waals surface area contributed by atoms with Gasteiger partial charge in [-0.2, -0.15) is 0 Å². The summed E-state index contributed by atoms with van der Waals surface area (Å²) in [7, 11) is 0. The van der Waals surface area contributed by atoms with Crippen molar-refractivity contribution < 1.29 is 0 Å². The molecule has 0 saturated carbocycles. The first-order valence-corrected chi connectivity index (χ1v) is 3.50. The van der Waals surface area contributed by atoms with Crippen molar-refractivity contribution in [3.63, 3.8) is 0 Å². The molecule has 2 unspecified atom stereocenters. The van der Waals surface area contributed by atoms with Crippen LogP contribution >= 0.6 is 0 Å². The quantitative estimate of drug-likeness (QED) is 0.576. The average Bonchev–Trinajstić information content (AvgIpc) is 1.84. The second-order valence-corrected chi connectivity index (χ2v) is 2.71. The largest absolute Gasteiger partial charge is 0.327 e. The lowest BCUT2D eigenvalue weighted by molar-refractivity contribution is 0.503. The number of rotatable bonds is 3. The average molecular weight is 127 g/mol. The summed E-state index contributed by atoms with van der Waals surface area (Å²) in [4.78, 5) is 0. The van der Waals surface area contributed by atoms with E-state index in [1.807, 2.05) is 6.92 Å². The molecule has 0 spiro atoms. The molecular formula is C8H17N. The van der Waals surface area contributed by atoms with Crippen molar-refractivity contribution in [1.82, 2.24) is 0 Å². The molecule has 0 aromatic heterocycles. The minimum Gasteiger partial charge on any atom is -0.327 e. The van der Waals surface area contributed by atoms with Crippen LogP contribution in [0.25, 0.3) is 0 Å². The zero-order chi connectivity index (χ0) is 7.44. The van der Waals surface area contributed by atoms with Gasteiger partial charge in [0.2, 0.25) is 0 Å². The summed E-state index contributed by atoms with van der Waals surface area (Å²) in [6.07, 6.45) is 1.04. The first-order chi connectivity index (χ1) is 4.09. The maximum Gasteiger partial charge on any atom is 0.00991 e. The fraction of sp³-hybridized carbons (Fsp3) is 0.750. The van der Waals surface area contributed by atoms with E-state index in [4.69, 9.17) is 5.73 Å². The van der Waals surface area contributed by atoms with Crippen LogP contribution in [-0.2, 0) is 0 Å². The Kier molecular flexibility index (Phi) is 3.55. The van der Waals surface area contributed by atoms with Gasteiger partial charge in [-0.05, 0) is 19.3 Å². The molecule has 0 aliphatic heterocycles. The van der Waals surface area contributed by atoms with Gasteiger partial charge in [-0.25, -0.2) is 0 Å². The minimum absolute atomic E-state index is 0.294. The minimum atomic E-state index is 0.294. The van der Waals surface area contributed by atoms with Gasteiger partial charge in [0.05, 0.1) is 0 Å². The topological polar surface area (TPSA) is 26.0 Å². The molecule has 0 heterocycles. The molecule has 1 nitrogen and oxygen atoms in total. The molecule has 0 aromatic carbocycles. The highest BCUT2D eigenvalue weighted by atomic mass is 14.6. The summed E-state index contributed by atoms with van der Waals surface area (Å²) in [5, 5.41) is 0. The Morgan fingerprint density at radius 3 is 2.22 bits per heavy atom. The number of hydrogen-bond acceptors (Lipinski definition) is 1. The van der Waals surface area contributed by atoms with Crippen LogP contribution in [0, 0.1) is 5.92 Å². The van der Waals surface area contributed by atoms with Crippen LogP contribution in [0.15, 0.2) is 12.2 Å². The molecule has 2 atom stereocenters. The zero-order valence-corrected chi connectivity index (χ0v) is 6.65. The van der Waals surface area contributed by atoms with Crippen molar-refractivity contribution in [2.24, 2.45) is 11.7 Å². The van der Waals surface area contributed by atoms with Gasteiger partial charge in [-0.15, -0.1) is 0 Å². The standard InChI is InChI=1S/C8H17N/c1-5-8(9)7(4)6(2)3/h7-8H,2,5,9H2,1,3-4H3. The van der Waals surface area contributed by atoms with Crippen molar-refractivity contribution >= 4 is 0 Å². The summed E-state index contributed by atoms with van der Waals surface area (Å²) < 4.78 is 0. The van der Waals surface area contributed by atoms with E-state index in [1.54, 1.807) is 0 Å². The Bertz CT molecular complexity index is 96.7. The Balaban J connectivity index is 3.72. The molecule has 1 heteroatoms. The van der Waals surface area contributed by atoms with Crippen molar-refractivity contribution in [2.45, 2.75) is 33.2 Å². The first-order valence-electron chi connectivity index (χ1n) is 3.50. The normalized spacial score (nSPS) is 16.9. The van der Waals surface area contributed by atoms with Crippen molar-refractivity contribution in [2.75, 3.05) is 0 Å². The van der Waals surface area contributed by atoms with Gasteiger partial charge >= 0.3 is 0 Å². The van der Waals surface area contributed by atoms with Crippen LogP contribution in [0.1, 0.15) is 27.2 Å². The van der Waals surface area contributed by atoms with Crippen LogP contribution in [0.3, 0.4) is 0 Å². The molecular weight excluding hydrogens is 110 g/mol. The Hall–Kier alpha value is -0.300. The van der Waals surface area contributed by atoms with E-state index in [0.717, 1.165) is 6.42 Å². The van der Waals surface area contributed by atoms with Crippen LogP contribution in [0.4, 0.5) is 0 Å².